The van der Waals surface area contributed by atoms with Crippen LogP contribution in [-0.2, 0) is 4.74 Å². The van der Waals surface area contributed by atoms with Gasteiger partial charge in [-0.1, -0.05) is 6.07 Å². The summed E-state index contributed by atoms with van der Waals surface area (Å²) in [6.45, 7) is 3.80. The quantitative estimate of drug-likeness (QED) is 0.770. The minimum absolute atomic E-state index is 0.358. The Labute approximate surface area is 97.0 Å². The van der Waals surface area contributed by atoms with Gasteiger partial charge in [-0.25, -0.2) is 0 Å². The molecule has 1 heterocycles. The lowest BCUT2D eigenvalue weighted by Gasteiger charge is -2.23. The average molecular weight is 220 g/mol. The van der Waals surface area contributed by atoms with Crippen molar-refractivity contribution in [3.8, 4) is 0 Å². The molecule has 3 heteroatoms. The number of nitrogen functional groups attached to an aromatic ring is 1. The molecule has 0 saturated carbocycles. The van der Waals surface area contributed by atoms with Crippen LogP contribution in [0.25, 0.3) is 0 Å². The highest BCUT2D eigenvalue weighted by molar-refractivity contribution is 5.58. The number of nitrogens with one attached hydrogen (secondary N) is 1. The van der Waals surface area contributed by atoms with Crippen LogP contribution >= 0.6 is 0 Å². The molecule has 1 aromatic rings. The predicted octanol–water partition coefficient (Wildman–Crippen LogP) is 2.56. The minimum atomic E-state index is 0.358. The molecule has 1 fully saturated rings. The Bertz CT molecular complexity index is 346. The van der Waals surface area contributed by atoms with Crippen molar-refractivity contribution in [2.24, 2.45) is 0 Å². The van der Waals surface area contributed by atoms with Crippen LogP contribution in [0.1, 0.15) is 24.8 Å². The highest BCUT2D eigenvalue weighted by Crippen LogP contribution is 2.18. The van der Waals surface area contributed by atoms with Gasteiger partial charge in [0, 0.05) is 24.5 Å². The summed E-state index contributed by atoms with van der Waals surface area (Å²) in [6.07, 6.45) is 4.00. The van der Waals surface area contributed by atoms with Gasteiger partial charge in [-0.3, -0.25) is 0 Å². The smallest absolute Gasteiger partial charge is 0.0747 e. The van der Waals surface area contributed by atoms with Crippen molar-refractivity contribution in [2.75, 3.05) is 24.2 Å². The summed E-state index contributed by atoms with van der Waals surface area (Å²) in [5, 5.41) is 3.38. The molecule has 88 valence electrons. The van der Waals surface area contributed by atoms with Gasteiger partial charge in [-0.05, 0) is 43.9 Å². The number of hydrogen-bond acceptors (Lipinski definition) is 3. The zero-order chi connectivity index (χ0) is 11.4. The predicted molar refractivity (Wildman–Crippen MR) is 67.7 cm³/mol. The summed E-state index contributed by atoms with van der Waals surface area (Å²) in [5.74, 6) is 0. The van der Waals surface area contributed by atoms with Gasteiger partial charge in [0.2, 0.25) is 0 Å². The van der Waals surface area contributed by atoms with Crippen LogP contribution in [0.5, 0.6) is 0 Å². The summed E-state index contributed by atoms with van der Waals surface area (Å²) >= 11 is 0. The molecule has 0 radical (unpaired) electrons. The van der Waals surface area contributed by atoms with Crippen LogP contribution in [0.3, 0.4) is 0 Å². The Morgan fingerprint density at radius 2 is 2.31 bits per heavy atom. The van der Waals surface area contributed by atoms with Gasteiger partial charge in [-0.2, -0.15) is 0 Å². The van der Waals surface area contributed by atoms with E-state index in [-0.39, 0.29) is 0 Å². The minimum Gasteiger partial charge on any atom is -0.398 e. The van der Waals surface area contributed by atoms with E-state index < -0.39 is 0 Å². The fourth-order valence-electron chi connectivity index (χ4n) is 1.95. The molecular weight excluding hydrogens is 200 g/mol. The number of benzene rings is 1. The van der Waals surface area contributed by atoms with E-state index in [1.807, 2.05) is 19.1 Å². The van der Waals surface area contributed by atoms with E-state index in [1.54, 1.807) is 0 Å². The third kappa shape index (κ3) is 2.89. The first-order valence-corrected chi connectivity index (χ1v) is 5.97. The zero-order valence-electron chi connectivity index (χ0n) is 9.83. The molecule has 0 spiro atoms. The molecule has 0 aliphatic carbocycles. The van der Waals surface area contributed by atoms with Crippen LogP contribution in [-0.4, -0.2) is 19.3 Å². The molecule has 0 amide bonds. The first-order chi connectivity index (χ1) is 7.75. The fraction of sp³-hybridized carbons (Fsp3) is 0.538. The maximum absolute atomic E-state index is 5.86. The van der Waals surface area contributed by atoms with Crippen LogP contribution in [0, 0.1) is 6.92 Å². The zero-order valence-corrected chi connectivity index (χ0v) is 9.83. The number of anilines is 2. The molecule has 1 aliphatic heterocycles. The Balaban J connectivity index is 1.86. The van der Waals surface area contributed by atoms with Crippen molar-refractivity contribution in [1.29, 1.82) is 0 Å². The molecule has 0 aromatic heterocycles. The summed E-state index contributed by atoms with van der Waals surface area (Å²) in [6, 6.07) is 6.09. The van der Waals surface area contributed by atoms with Gasteiger partial charge >= 0.3 is 0 Å². The average Bonchev–Trinajstić information content (AvgIpc) is 2.32. The van der Waals surface area contributed by atoms with Gasteiger partial charge in [0.15, 0.2) is 0 Å². The second-order valence-corrected chi connectivity index (χ2v) is 4.44. The topological polar surface area (TPSA) is 47.3 Å². The van der Waals surface area contributed by atoms with Crippen molar-refractivity contribution >= 4 is 11.4 Å². The molecule has 1 aromatic carbocycles. The molecule has 16 heavy (non-hydrogen) atoms. The molecule has 3 N–H and O–H groups in total. The van der Waals surface area contributed by atoms with Crippen molar-refractivity contribution in [3.63, 3.8) is 0 Å². The number of rotatable bonds is 3. The summed E-state index contributed by atoms with van der Waals surface area (Å²) in [4.78, 5) is 0. The number of ether oxygens (including phenoxy) is 1. The Hall–Kier alpha value is -1.22. The van der Waals surface area contributed by atoms with E-state index in [0.717, 1.165) is 36.5 Å². The van der Waals surface area contributed by atoms with Gasteiger partial charge < -0.3 is 15.8 Å². The highest BCUT2D eigenvalue weighted by atomic mass is 16.5. The van der Waals surface area contributed by atoms with Crippen molar-refractivity contribution < 1.29 is 4.74 Å². The van der Waals surface area contributed by atoms with E-state index in [1.165, 1.54) is 12.8 Å². The molecular formula is C13H20N2O. The second kappa shape index (κ2) is 5.21. The number of aryl methyl sites for hydroxylation is 1. The second-order valence-electron chi connectivity index (χ2n) is 4.44. The van der Waals surface area contributed by atoms with Crippen LogP contribution in [0.2, 0.25) is 0 Å². The van der Waals surface area contributed by atoms with Crippen LogP contribution in [0.4, 0.5) is 11.4 Å². The van der Waals surface area contributed by atoms with Crippen molar-refractivity contribution in [3.05, 3.63) is 23.8 Å². The largest absolute Gasteiger partial charge is 0.398 e. The monoisotopic (exact) mass is 220 g/mol. The van der Waals surface area contributed by atoms with Crippen LogP contribution in [0.15, 0.2) is 18.2 Å². The van der Waals surface area contributed by atoms with Gasteiger partial charge in [0.05, 0.1) is 6.10 Å². The third-order valence-electron chi connectivity index (χ3n) is 3.09. The third-order valence-corrected chi connectivity index (χ3v) is 3.09. The normalized spacial score (nSPS) is 20.7. The first-order valence-electron chi connectivity index (χ1n) is 5.97. The number of hydrogen-bond donors (Lipinski definition) is 2. The summed E-state index contributed by atoms with van der Waals surface area (Å²) in [5.41, 5.74) is 8.91. The molecule has 1 saturated heterocycles. The van der Waals surface area contributed by atoms with Gasteiger partial charge in [-0.15, -0.1) is 0 Å². The maximum atomic E-state index is 5.86. The Kier molecular flexibility index (Phi) is 3.67. The van der Waals surface area contributed by atoms with E-state index >= 15 is 0 Å². The molecule has 1 unspecified atom stereocenters. The standard InChI is InChI=1S/C13H20N2O/c1-10-5-6-11(8-13(10)14)15-9-12-4-2-3-7-16-12/h5-6,8,12,15H,2-4,7,9,14H2,1H3. The van der Waals surface area contributed by atoms with E-state index in [2.05, 4.69) is 11.4 Å². The van der Waals surface area contributed by atoms with Crippen molar-refractivity contribution in [1.82, 2.24) is 0 Å². The maximum Gasteiger partial charge on any atom is 0.0747 e. The van der Waals surface area contributed by atoms with Crippen molar-refractivity contribution in [2.45, 2.75) is 32.3 Å². The lowest BCUT2D eigenvalue weighted by Crippen LogP contribution is -2.26. The molecule has 0 bridgehead atoms. The number of nitrogens with two attached hydrogens (primary N) is 1. The van der Waals surface area contributed by atoms with E-state index in [9.17, 15) is 0 Å². The highest BCUT2D eigenvalue weighted by Gasteiger charge is 2.13. The lowest BCUT2D eigenvalue weighted by molar-refractivity contribution is 0.0247. The summed E-state index contributed by atoms with van der Waals surface area (Å²) < 4.78 is 5.66. The Morgan fingerprint density at radius 3 is 3.00 bits per heavy atom. The molecule has 1 aliphatic rings. The van der Waals surface area contributed by atoms with Gasteiger partial charge in [0.25, 0.3) is 0 Å². The van der Waals surface area contributed by atoms with Gasteiger partial charge in [0.1, 0.15) is 0 Å². The van der Waals surface area contributed by atoms with E-state index in [0.29, 0.717) is 6.10 Å². The SMILES string of the molecule is Cc1ccc(NCC2CCCCO2)cc1N. The fourth-order valence-corrected chi connectivity index (χ4v) is 1.95. The van der Waals surface area contributed by atoms with E-state index in [4.69, 9.17) is 10.5 Å². The molecule has 1 atom stereocenters. The Morgan fingerprint density at radius 1 is 1.44 bits per heavy atom. The molecule has 3 nitrogen and oxygen atoms in total. The lowest BCUT2D eigenvalue weighted by atomic mass is 10.1. The first kappa shape index (κ1) is 11.3. The summed E-state index contributed by atoms with van der Waals surface area (Å²) in [7, 11) is 0. The molecule has 2 rings (SSSR count). The van der Waals surface area contributed by atoms with Crippen LogP contribution < -0.4 is 11.1 Å².